The van der Waals surface area contributed by atoms with Crippen molar-refractivity contribution in [1.29, 1.82) is 0 Å². The summed E-state index contributed by atoms with van der Waals surface area (Å²) in [6.07, 6.45) is -0.220. The van der Waals surface area contributed by atoms with Gasteiger partial charge in [-0.15, -0.1) is 11.3 Å². The van der Waals surface area contributed by atoms with Gasteiger partial charge >= 0.3 is 11.9 Å². The van der Waals surface area contributed by atoms with E-state index < -0.39 is 11.9 Å². The highest BCUT2D eigenvalue weighted by Gasteiger charge is 2.19. The summed E-state index contributed by atoms with van der Waals surface area (Å²) in [6.45, 7) is 1.91. The van der Waals surface area contributed by atoms with E-state index in [1.807, 2.05) is 0 Å². The lowest BCUT2D eigenvalue weighted by Crippen LogP contribution is -2.10. The number of esters is 1. The molecule has 0 aliphatic carbocycles. The van der Waals surface area contributed by atoms with E-state index in [2.05, 4.69) is 0 Å². The Labute approximate surface area is 90.5 Å². The number of anilines is 1. The number of carbonyl (C=O) groups is 2. The van der Waals surface area contributed by atoms with Crippen molar-refractivity contribution in [1.82, 2.24) is 0 Å². The maximum Gasteiger partial charge on any atom is 0.341 e. The highest BCUT2D eigenvalue weighted by Crippen LogP contribution is 2.26. The molecule has 0 fully saturated rings. The minimum absolute atomic E-state index is 0.184. The minimum Gasteiger partial charge on any atom is -0.481 e. The van der Waals surface area contributed by atoms with E-state index in [1.165, 1.54) is 0 Å². The molecule has 1 rings (SSSR count). The molecule has 0 aromatic carbocycles. The lowest BCUT2D eigenvalue weighted by atomic mass is 10.1. The lowest BCUT2D eigenvalue weighted by Gasteiger charge is -2.03. The Kier molecular flexibility index (Phi) is 3.68. The Balaban J connectivity index is 2.98. The van der Waals surface area contributed by atoms with Gasteiger partial charge in [0.05, 0.1) is 18.6 Å². The molecule has 0 spiro atoms. The summed E-state index contributed by atoms with van der Waals surface area (Å²) in [5.41, 5.74) is 6.16. The van der Waals surface area contributed by atoms with Gasteiger partial charge in [-0.1, -0.05) is 0 Å². The standard InChI is InChI=1S/C9H11NO4S/c1-2-14-9(13)7-5(3-6(11)12)4-15-8(7)10/h4H,2-3,10H2,1H3,(H,11,12). The number of nitrogen functional groups attached to an aromatic ring is 1. The predicted molar refractivity (Wildman–Crippen MR) is 56.0 cm³/mol. The van der Waals surface area contributed by atoms with Crippen molar-refractivity contribution in [3.8, 4) is 0 Å². The van der Waals surface area contributed by atoms with Gasteiger partial charge in [0.15, 0.2) is 0 Å². The minimum atomic E-state index is -1.00. The second kappa shape index (κ2) is 4.79. The molecule has 3 N–H and O–H groups in total. The molecule has 1 aromatic rings. The number of carboxylic acids is 1. The van der Waals surface area contributed by atoms with Crippen LogP contribution in [0.15, 0.2) is 5.38 Å². The van der Waals surface area contributed by atoms with Gasteiger partial charge in [0.1, 0.15) is 5.00 Å². The Morgan fingerprint density at radius 1 is 1.60 bits per heavy atom. The summed E-state index contributed by atoms with van der Waals surface area (Å²) >= 11 is 1.14. The molecule has 82 valence electrons. The molecule has 0 aliphatic rings. The molecule has 0 amide bonds. The third kappa shape index (κ3) is 2.69. The fraction of sp³-hybridized carbons (Fsp3) is 0.333. The van der Waals surface area contributed by atoms with Crippen molar-refractivity contribution in [3.05, 3.63) is 16.5 Å². The molecule has 0 radical (unpaired) electrons. The van der Waals surface area contributed by atoms with Crippen LogP contribution in [0.25, 0.3) is 0 Å². The highest BCUT2D eigenvalue weighted by atomic mass is 32.1. The van der Waals surface area contributed by atoms with Crippen LogP contribution in [0.2, 0.25) is 0 Å². The Bertz CT molecular complexity index is 385. The van der Waals surface area contributed by atoms with Crippen molar-refractivity contribution >= 4 is 28.3 Å². The van der Waals surface area contributed by atoms with Gasteiger partial charge in [-0.25, -0.2) is 4.79 Å². The van der Waals surface area contributed by atoms with Crippen LogP contribution in [-0.2, 0) is 16.0 Å². The number of ether oxygens (including phenoxy) is 1. The highest BCUT2D eigenvalue weighted by molar-refractivity contribution is 7.14. The van der Waals surface area contributed by atoms with Gasteiger partial charge < -0.3 is 15.6 Å². The molecule has 1 aromatic heterocycles. The van der Waals surface area contributed by atoms with Crippen LogP contribution in [0, 0.1) is 0 Å². The number of carbonyl (C=O) groups excluding carboxylic acids is 1. The molecule has 0 saturated carbocycles. The first-order valence-electron chi connectivity index (χ1n) is 4.31. The van der Waals surface area contributed by atoms with E-state index in [4.69, 9.17) is 15.6 Å². The zero-order chi connectivity index (χ0) is 11.4. The maximum atomic E-state index is 11.4. The van der Waals surface area contributed by atoms with Gasteiger partial charge in [-0.05, 0) is 17.9 Å². The van der Waals surface area contributed by atoms with Crippen molar-refractivity contribution < 1.29 is 19.4 Å². The SMILES string of the molecule is CCOC(=O)c1c(CC(=O)O)csc1N. The Hall–Kier alpha value is -1.56. The molecule has 15 heavy (non-hydrogen) atoms. The number of nitrogens with two attached hydrogens (primary N) is 1. The smallest absolute Gasteiger partial charge is 0.341 e. The molecule has 0 atom stereocenters. The van der Waals surface area contributed by atoms with E-state index in [1.54, 1.807) is 12.3 Å². The number of aliphatic carboxylic acids is 1. The predicted octanol–water partition coefficient (Wildman–Crippen LogP) is 1.13. The normalized spacial score (nSPS) is 9.93. The monoisotopic (exact) mass is 229 g/mol. The molecule has 0 bridgehead atoms. The fourth-order valence-electron chi connectivity index (χ4n) is 1.14. The zero-order valence-corrected chi connectivity index (χ0v) is 8.97. The van der Waals surface area contributed by atoms with Crippen molar-refractivity contribution in [2.45, 2.75) is 13.3 Å². The van der Waals surface area contributed by atoms with E-state index in [-0.39, 0.29) is 18.6 Å². The first kappa shape index (κ1) is 11.5. The quantitative estimate of drug-likeness (QED) is 0.755. The van der Waals surface area contributed by atoms with Crippen molar-refractivity contribution in [2.75, 3.05) is 12.3 Å². The van der Waals surface area contributed by atoms with Crippen LogP contribution in [0.3, 0.4) is 0 Å². The van der Waals surface area contributed by atoms with Gasteiger partial charge in [-0.2, -0.15) is 0 Å². The molecule has 6 heteroatoms. The van der Waals surface area contributed by atoms with Crippen molar-refractivity contribution in [3.63, 3.8) is 0 Å². The first-order chi connectivity index (χ1) is 7.06. The van der Waals surface area contributed by atoms with E-state index in [0.29, 0.717) is 10.6 Å². The molecule has 1 heterocycles. The number of rotatable bonds is 4. The number of thiophene rings is 1. The molecule has 0 saturated heterocycles. The van der Waals surface area contributed by atoms with Crippen LogP contribution in [0.4, 0.5) is 5.00 Å². The van der Waals surface area contributed by atoms with Gasteiger partial charge in [0, 0.05) is 0 Å². The Morgan fingerprint density at radius 2 is 2.27 bits per heavy atom. The van der Waals surface area contributed by atoms with Crippen LogP contribution >= 0.6 is 11.3 Å². The Morgan fingerprint density at radius 3 is 2.80 bits per heavy atom. The van der Waals surface area contributed by atoms with Crippen molar-refractivity contribution in [2.24, 2.45) is 0 Å². The van der Waals surface area contributed by atoms with E-state index in [0.717, 1.165) is 11.3 Å². The largest absolute Gasteiger partial charge is 0.481 e. The summed E-state index contributed by atoms with van der Waals surface area (Å²) in [5.74, 6) is -1.56. The molecule has 0 aliphatic heterocycles. The maximum absolute atomic E-state index is 11.4. The third-order valence-electron chi connectivity index (χ3n) is 1.72. The summed E-state index contributed by atoms with van der Waals surface area (Å²) in [7, 11) is 0. The van der Waals surface area contributed by atoms with Crippen LogP contribution in [0.1, 0.15) is 22.8 Å². The van der Waals surface area contributed by atoms with Gasteiger partial charge in [-0.3, -0.25) is 4.79 Å². The zero-order valence-electron chi connectivity index (χ0n) is 8.15. The lowest BCUT2D eigenvalue weighted by molar-refractivity contribution is -0.136. The molecular weight excluding hydrogens is 218 g/mol. The third-order valence-corrected chi connectivity index (χ3v) is 2.58. The second-order valence-electron chi connectivity index (χ2n) is 2.79. The average molecular weight is 229 g/mol. The fourth-order valence-corrected chi connectivity index (χ4v) is 1.94. The topological polar surface area (TPSA) is 89.6 Å². The molecule has 0 unspecified atom stereocenters. The molecular formula is C9H11NO4S. The average Bonchev–Trinajstić information content (AvgIpc) is 2.46. The van der Waals surface area contributed by atoms with Crippen LogP contribution < -0.4 is 5.73 Å². The summed E-state index contributed by atoms with van der Waals surface area (Å²) in [6, 6.07) is 0. The van der Waals surface area contributed by atoms with Crippen LogP contribution in [-0.4, -0.2) is 23.7 Å². The number of hydrogen-bond acceptors (Lipinski definition) is 5. The summed E-state index contributed by atoms with van der Waals surface area (Å²) in [5, 5.41) is 10.5. The first-order valence-corrected chi connectivity index (χ1v) is 5.19. The van der Waals surface area contributed by atoms with E-state index in [9.17, 15) is 9.59 Å². The van der Waals surface area contributed by atoms with Crippen LogP contribution in [0.5, 0.6) is 0 Å². The van der Waals surface area contributed by atoms with Gasteiger partial charge in [0.2, 0.25) is 0 Å². The van der Waals surface area contributed by atoms with E-state index >= 15 is 0 Å². The summed E-state index contributed by atoms with van der Waals surface area (Å²) < 4.78 is 4.78. The number of carboxylic acid groups (broad SMARTS) is 1. The summed E-state index contributed by atoms with van der Waals surface area (Å²) in [4.78, 5) is 22.0. The number of hydrogen-bond donors (Lipinski definition) is 2. The second-order valence-corrected chi connectivity index (χ2v) is 3.70. The molecule has 5 nitrogen and oxygen atoms in total. The van der Waals surface area contributed by atoms with Gasteiger partial charge in [0.25, 0.3) is 0 Å².